The minimum Gasteiger partial charge on any atom is -0.494 e. The highest BCUT2D eigenvalue weighted by Gasteiger charge is 2.34. The van der Waals surface area contributed by atoms with Gasteiger partial charge in [0.15, 0.2) is 5.82 Å². The first-order valence-corrected chi connectivity index (χ1v) is 18.9. The Morgan fingerprint density at radius 1 is 0.870 bits per heavy atom. The number of ether oxygens (including phenoxy) is 2. The van der Waals surface area contributed by atoms with E-state index in [1.54, 1.807) is 18.2 Å². The topological polar surface area (TPSA) is 108 Å². The van der Waals surface area contributed by atoms with Gasteiger partial charge < -0.3 is 25.0 Å². The van der Waals surface area contributed by atoms with Crippen molar-refractivity contribution < 1.29 is 23.5 Å². The second kappa shape index (κ2) is 16.0. The molecule has 4 heterocycles. The summed E-state index contributed by atoms with van der Waals surface area (Å²) in [5, 5.41) is 8.08. The van der Waals surface area contributed by atoms with Crippen molar-refractivity contribution in [2.45, 2.75) is 50.2 Å². The molecule has 8 rings (SSSR count). The zero-order chi connectivity index (χ0) is 37.0. The Morgan fingerprint density at radius 3 is 2.31 bits per heavy atom. The highest BCUT2D eigenvalue weighted by atomic mass is 19.1. The number of para-hydroxylation sites is 1. The summed E-state index contributed by atoms with van der Waals surface area (Å²) in [7, 11) is 1.63. The van der Waals surface area contributed by atoms with E-state index >= 15 is 0 Å². The summed E-state index contributed by atoms with van der Waals surface area (Å²) < 4.78 is 26.7. The minimum atomic E-state index is -0.406. The van der Waals surface area contributed by atoms with E-state index in [0.29, 0.717) is 64.9 Å². The van der Waals surface area contributed by atoms with Crippen LogP contribution in [0.5, 0.6) is 17.2 Å². The van der Waals surface area contributed by atoms with Crippen molar-refractivity contribution in [1.82, 2.24) is 19.8 Å². The van der Waals surface area contributed by atoms with Crippen LogP contribution in [0.1, 0.15) is 43.7 Å². The Hall–Kier alpha value is -5.24. The Kier molecular flexibility index (Phi) is 10.6. The molecule has 282 valence electrons. The van der Waals surface area contributed by atoms with Crippen LogP contribution in [-0.2, 0) is 9.63 Å². The van der Waals surface area contributed by atoms with E-state index in [9.17, 15) is 9.18 Å². The van der Waals surface area contributed by atoms with Gasteiger partial charge in [-0.1, -0.05) is 24.8 Å². The predicted octanol–water partition coefficient (Wildman–Crippen LogP) is 6.92. The number of methoxy groups -OCH3 is 1. The Morgan fingerprint density at radius 2 is 1.61 bits per heavy atom. The minimum absolute atomic E-state index is 0.299. The molecule has 1 saturated carbocycles. The molecule has 0 spiro atoms. The second-order valence-electron chi connectivity index (χ2n) is 14.3. The molecular weight excluding hydrogens is 688 g/mol. The quantitative estimate of drug-likeness (QED) is 0.148. The molecule has 4 aliphatic rings. The molecule has 4 aromatic rings. The molecule has 2 N–H and O–H groups in total. The Bertz CT molecular complexity index is 1950. The number of benzene rings is 3. The number of rotatable bonds is 12. The number of aromatic nitrogens is 2. The van der Waals surface area contributed by atoms with Gasteiger partial charge in [-0.25, -0.2) is 19.4 Å². The van der Waals surface area contributed by atoms with Crippen molar-refractivity contribution in [2.75, 3.05) is 73.6 Å². The van der Waals surface area contributed by atoms with Crippen LogP contribution >= 0.6 is 0 Å². The number of hydrogen-bond acceptors (Lipinski definition) is 11. The van der Waals surface area contributed by atoms with E-state index in [-0.39, 0.29) is 11.9 Å². The largest absolute Gasteiger partial charge is 0.494 e. The first-order chi connectivity index (χ1) is 26.4. The third kappa shape index (κ3) is 8.13. The van der Waals surface area contributed by atoms with Crippen LogP contribution in [0.15, 0.2) is 85.7 Å². The van der Waals surface area contributed by atoms with Gasteiger partial charge in [0.2, 0.25) is 5.91 Å². The number of carbonyl (C=O) groups excluding carboxylic acids is 1. The highest BCUT2D eigenvalue weighted by molar-refractivity contribution is 6.02. The molecule has 1 aromatic heterocycles. The smallest absolute Gasteiger partial charge is 0.247 e. The van der Waals surface area contributed by atoms with Gasteiger partial charge in [0.25, 0.3) is 0 Å². The van der Waals surface area contributed by atoms with Crippen LogP contribution in [0.25, 0.3) is 0 Å². The summed E-state index contributed by atoms with van der Waals surface area (Å²) in [6.45, 7) is 10.5. The van der Waals surface area contributed by atoms with Crippen LogP contribution in [0.2, 0.25) is 0 Å². The summed E-state index contributed by atoms with van der Waals surface area (Å²) in [6, 6.07) is 20.7. The summed E-state index contributed by atoms with van der Waals surface area (Å²) in [5.41, 5.74) is 2.86. The number of amides is 1. The fraction of sp³-hybridized carbons (Fsp3) is 0.390. The van der Waals surface area contributed by atoms with E-state index < -0.39 is 5.82 Å². The Balaban J connectivity index is 0.989. The number of piperidine rings is 1. The van der Waals surface area contributed by atoms with Crippen LogP contribution in [0, 0.1) is 5.82 Å². The maximum absolute atomic E-state index is 14.9. The molecule has 13 heteroatoms. The number of anilines is 5. The lowest BCUT2D eigenvalue weighted by Gasteiger charge is -2.43. The third-order valence-electron chi connectivity index (χ3n) is 10.8. The lowest BCUT2D eigenvalue weighted by Crippen LogP contribution is -2.53. The van der Waals surface area contributed by atoms with Crippen molar-refractivity contribution in [2.24, 2.45) is 0 Å². The molecule has 3 saturated heterocycles. The molecular formula is C41H47FN8O4. The van der Waals surface area contributed by atoms with Gasteiger partial charge >= 0.3 is 0 Å². The fourth-order valence-corrected chi connectivity index (χ4v) is 7.89. The summed E-state index contributed by atoms with van der Waals surface area (Å²) in [4.78, 5) is 35.4. The first kappa shape index (κ1) is 35.8. The molecule has 0 bridgehead atoms. The van der Waals surface area contributed by atoms with Gasteiger partial charge in [-0.2, -0.15) is 0 Å². The number of nitrogens with zero attached hydrogens (tertiary/aromatic N) is 6. The van der Waals surface area contributed by atoms with Crippen LogP contribution in [0.3, 0.4) is 0 Å². The third-order valence-corrected chi connectivity index (χ3v) is 10.8. The monoisotopic (exact) mass is 734 g/mol. The van der Waals surface area contributed by atoms with E-state index in [1.165, 1.54) is 50.5 Å². The summed E-state index contributed by atoms with van der Waals surface area (Å²) in [5.74, 6) is 1.89. The van der Waals surface area contributed by atoms with Crippen LogP contribution < -0.4 is 30.1 Å². The number of carbonyl (C=O) groups is 1. The normalized spacial score (nSPS) is 19.8. The van der Waals surface area contributed by atoms with Gasteiger partial charge in [0.1, 0.15) is 35.2 Å². The first-order valence-electron chi connectivity index (χ1n) is 18.9. The number of piperazine rings is 1. The molecule has 4 fully saturated rings. The zero-order valence-corrected chi connectivity index (χ0v) is 30.6. The predicted molar refractivity (Wildman–Crippen MR) is 207 cm³/mol. The van der Waals surface area contributed by atoms with E-state index in [0.717, 1.165) is 50.7 Å². The average Bonchev–Trinajstić information content (AvgIpc) is 3.94. The number of hydrogen-bond donors (Lipinski definition) is 2. The molecule has 3 aliphatic heterocycles. The van der Waals surface area contributed by atoms with E-state index in [4.69, 9.17) is 14.3 Å². The maximum atomic E-state index is 14.9. The van der Waals surface area contributed by atoms with Gasteiger partial charge in [0.05, 0.1) is 36.8 Å². The van der Waals surface area contributed by atoms with Crippen molar-refractivity contribution in [3.63, 3.8) is 0 Å². The van der Waals surface area contributed by atoms with Crippen molar-refractivity contribution >= 4 is 34.6 Å². The summed E-state index contributed by atoms with van der Waals surface area (Å²) in [6.07, 6.45) is 8.18. The molecule has 12 nitrogen and oxygen atoms in total. The van der Waals surface area contributed by atoms with Gasteiger partial charge in [0, 0.05) is 76.0 Å². The maximum Gasteiger partial charge on any atom is 0.247 e. The number of hydroxylamine groups is 1. The lowest BCUT2D eigenvalue weighted by molar-refractivity contribution is -0.111. The molecule has 1 atom stereocenters. The highest BCUT2D eigenvalue weighted by Crippen LogP contribution is 2.41. The zero-order valence-electron chi connectivity index (χ0n) is 30.6. The SMILES string of the molecule is C=CC(=O)Nc1cc(Nc2cc(N3OCCC3c3cc(F)cc(Oc4ccccc4)c3)ncn2)c(OC)cc1N1CCC(N2CCN(C3CC3)CC2)CC1. The van der Waals surface area contributed by atoms with Crippen molar-refractivity contribution in [3.05, 3.63) is 97.1 Å². The molecule has 0 radical (unpaired) electrons. The van der Waals surface area contributed by atoms with Gasteiger partial charge in [-0.3, -0.25) is 19.4 Å². The second-order valence-corrected chi connectivity index (χ2v) is 14.3. The number of halogens is 1. The molecule has 1 unspecified atom stereocenters. The molecule has 1 aliphatic carbocycles. The van der Waals surface area contributed by atoms with Gasteiger partial charge in [-0.05, 0) is 67.7 Å². The van der Waals surface area contributed by atoms with Crippen molar-refractivity contribution in [1.29, 1.82) is 0 Å². The average molecular weight is 735 g/mol. The summed E-state index contributed by atoms with van der Waals surface area (Å²) >= 11 is 0. The van der Waals surface area contributed by atoms with Crippen LogP contribution in [0.4, 0.5) is 33.1 Å². The van der Waals surface area contributed by atoms with E-state index in [1.807, 2.05) is 48.5 Å². The standard InChI is InChI=1S/C41H47FN8O4/c1-3-41(51)46-34-24-35(38(52-2)25-37(34)49-14-11-31(12-15-49)48-18-16-47(17-19-48)30-9-10-30)45-39-26-40(44-27-43-39)50-36(13-20-53-50)28-21-29(42)23-33(22-28)54-32-7-5-4-6-8-32/h3-8,21-27,30-31,36H,1,9-20H2,2H3,(H,46,51)(H,43,44,45). The van der Waals surface area contributed by atoms with E-state index in [2.05, 4.69) is 41.9 Å². The Labute approximate surface area is 315 Å². The molecule has 54 heavy (non-hydrogen) atoms. The molecule has 1 amide bonds. The lowest BCUT2D eigenvalue weighted by atomic mass is 10.0. The molecule has 3 aromatic carbocycles. The van der Waals surface area contributed by atoms with Gasteiger partial charge in [-0.15, -0.1) is 0 Å². The fourth-order valence-electron chi connectivity index (χ4n) is 7.89. The number of nitrogens with one attached hydrogen (secondary N) is 2. The van der Waals surface area contributed by atoms with Crippen molar-refractivity contribution in [3.8, 4) is 17.2 Å². The van der Waals surface area contributed by atoms with Crippen LogP contribution in [-0.4, -0.2) is 90.7 Å².